The van der Waals surface area contributed by atoms with Crippen LogP contribution in [-0.4, -0.2) is 28.6 Å². The molecule has 1 aromatic heterocycles. The normalized spacial score (nSPS) is 14.4. The van der Waals surface area contributed by atoms with Gasteiger partial charge in [-0.15, -0.1) is 23.1 Å². The Labute approximate surface area is 123 Å². The van der Waals surface area contributed by atoms with Gasteiger partial charge >= 0.3 is 0 Å². The summed E-state index contributed by atoms with van der Waals surface area (Å²) in [6.07, 6.45) is 0.733. The number of amides is 1. The van der Waals surface area contributed by atoms with E-state index >= 15 is 0 Å². The van der Waals surface area contributed by atoms with Crippen LogP contribution in [0.25, 0.3) is 0 Å². The van der Waals surface area contributed by atoms with Gasteiger partial charge in [-0.1, -0.05) is 26.8 Å². The number of nitrogens with one attached hydrogen (secondary N) is 1. The number of rotatable bonds is 8. The maximum absolute atomic E-state index is 12.0. The molecule has 1 amide bonds. The third kappa shape index (κ3) is 5.97. The van der Waals surface area contributed by atoms with E-state index in [1.54, 1.807) is 23.1 Å². The third-order valence-electron chi connectivity index (χ3n) is 2.87. The number of carbonyl (C=O) groups excluding carboxylic acids is 1. The Bertz CT molecular complexity index is 366. The van der Waals surface area contributed by atoms with Crippen molar-refractivity contribution in [1.29, 1.82) is 0 Å². The maximum Gasteiger partial charge on any atom is 0.230 e. The molecule has 0 aliphatic carbocycles. The molecule has 0 radical (unpaired) electrons. The van der Waals surface area contributed by atoms with Crippen molar-refractivity contribution < 1.29 is 9.90 Å². The molecule has 19 heavy (non-hydrogen) atoms. The van der Waals surface area contributed by atoms with E-state index < -0.39 is 0 Å². The van der Waals surface area contributed by atoms with Gasteiger partial charge in [0.25, 0.3) is 0 Å². The molecule has 0 aliphatic heterocycles. The van der Waals surface area contributed by atoms with Crippen LogP contribution in [0.1, 0.15) is 38.1 Å². The molecular weight excluding hydrogens is 278 g/mol. The molecular formula is C14H23NO2S2. The number of hydrogen-bond donors (Lipinski definition) is 2. The first-order chi connectivity index (χ1) is 9.04. The topological polar surface area (TPSA) is 49.3 Å². The summed E-state index contributed by atoms with van der Waals surface area (Å²) in [6.45, 7) is 6.45. The zero-order valence-electron chi connectivity index (χ0n) is 11.8. The molecule has 0 fully saturated rings. The lowest BCUT2D eigenvalue weighted by atomic mass is 10.0. The Morgan fingerprint density at radius 2 is 2.21 bits per heavy atom. The first-order valence-corrected chi connectivity index (χ1v) is 8.52. The summed E-state index contributed by atoms with van der Waals surface area (Å²) >= 11 is 3.27. The van der Waals surface area contributed by atoms with E-state index in [9.17, 15) is 4.79 Å². The Hall–Kier alpha value is -0.520. The Morgan fingerprint density at radius 1 is 1.47 bits per heavy atom. The van der Waals surface area contributed by atoms with E-state index in [4.69, 9.17) is 5.11 Å². The summed E-state index contributed by atoms with van der Waals surface area (Å²) in [5.41, 5.74) is 0. The van der Waals surface area contributed by atoms with Crippen LogP contribution in [0.5, 0.6) is 0 Å². The minimum absolute atomic E-state index is 0.0712. The highest BCUT2D eigenvalue weighted by Gasteiger charge is 2.19. The van der Waals surface area contributed by atoms with Crippen LogP contribution in [0.3, 0.4) is 0 Å². The van der Waals surface area contributed by atoms with Gasteiger partial charge in [0.05, 0.1) is 11.8 Å². The highest BCUT2D eigenvalue weighted by molar-refractivity contribution is 8.00. The highest BCUT2D eigenvalue weighted by atomic mass is 32.2. The quantitative estimate of drug-likeness (QED) is 0.776. The van der Waals surface area contributed by atoms with Crippen LogP contribution in [0, 0.1) is 5.92 Å². The predicted molar refractivity (Wildman–Crippen MR) is 83.7 cm³/mol. The summed E-state index contributed by atoms with van der Waals surface area (Å²) in [6, 6.07) is 4.18. The van der Waals surface area contributed by atoms with Crippen molar-refractivity contribution in [3.05, 3.63) is 22.4 Å². The molecule has 2 atom stereocenters. The molecule has 108 valence electrons. The van der Waals surface area contributed by atoms with Gasteiger partial charge in [0.1, 0.15) is 0 Å². The van der Waals surface area contributed by atoms with Crippen molar-refractivity contribution >= 4 is 29.0 Å². The van der Waals surface area contributed by atoms with Gasteiger partial charge in [0.15, 0.2) is 0 Å². The highest BCUT2D eigenvalue weighted by Crippen LogP contribution is 2.26. The summed E-state index contributed by atoms with van der Waals surface area (Å²) < 4.78 is 0. The Balaban J connectivity index is 2.45. The van der Waals surface area contributed by atoms with E-state index in [0.29, 0.717) is 16.9 Å². The van der Waals surface area contributed by atoms with Gasteiger partial charge in [-0.25, -0.2) is 0 Å². The van der Waals surface area contributed by atoms with Crippen LogP contribution < -0.4 is 5.32 Å². The lowest BCUT2D eigenvalue weighted by Crippen LogP contribution is -2.32. The maximum atomic E-state index is 12.0. The van der Waals surface area contributed by atoms with E-state index in [1.807, 2.05) is 18.4 Å². The van der Waals surface area contributed by atoms with E-state index in [0.717, 1.165) is 6.42 Å². The number of thioether (sulfide) groups is 1. The largest absolute Gasteiger partial charge is 0.396 e. The Kier molecular flexibility index (Phi) is 7.49. The van der Waals surface area contributed by atoms with Gasteiger partial charge in [0.2, 0.25) is 5.91 Å². The van der Waals surface area contributed by atoms with Crippen LogP contribution in [0.4, 0.5) is 0 Å². The molecule has 0 aromatic carbocycles. The van der Waals surface area contributed by atoms with Crippen molar-refractivity contribution in [2.24, 2.45) is 5.92 Å². The van der Waals surface area contributed by atoms with Gasteiger partial charge in [-0.3, -0.25) is 4.79 Å². The minimum atomic E-state index is 0.0712. The second kappa shape index (κ2) is 8.61. The zero-order chi connectivity index (χ0) is 14.3. The molecule has 2 N–H and O–H groups in total. The van der Waals surface area contributed by atoms with E-state index in [1.165, 1.54) is 4.88 Å². The van der Waals surface area contributed by atoms with Gasteiger partial charge in [-0.05, 0) is 23.8 Å². The summed E-state index contributed by atoms with van der Waals surface area (Å²) in [4.78, 5) is 13.2. The first-order valence-electron chi connectivity index (χ1n) is 6.59. The Morgan fingerprint density at radius 3 is 2.74 bits per heavy atom. The lowest BCUT2D eigenvalue weighted by Gasteiger charge is -2.21. The second-order valence-electron chi connectivity index (χ2n) is 4.94. The fourth-order valence-corrected chi connectivity index (χ4v) is 3.47. The van der Waals surface area contributed by atoms with E-state index in [-0.39, 0.29) is 18.6 Å². The molecule has 0 aliphatic rings. The molecule has 3 nitrogen and oxygen atoms in total. The number of thiophene rings is 1. The standard InChI is InChI=1S/C14H23NO2S2/c1-10(2)14(12-5-4-8-18-12)15-13(17)9-19-11(3)6-7-16/h4-5,8,10-11,14,16H,6-7,9H2,1-3H3,(H,15,17). The van der Waals surface area contributed by atoms with Crippen molar-refractivity contribution in [2.45, 2.75) is 38.5 Å². The third-order valence-corrected chi connectivity index (χ3v) is 5.06. The SMILES string of the molecule is CC(CCO)SCC(=O)NC(c1cccs1)C(C)C. The number of carbonyl (C=O) groups is 1. The average molecular weight is 301 g/mol. The van der Waals surface area contributed by atoms with Crippen molar-refractivity contribution in [2.75, 3.05) is 12.4 Å². The summed E-state index contributed by atoms with van der Waals surface area (Å²) in [7, 11) is 0. The molecule has 1 rings (SSSR count). The average Bonchev–Trinajstić information content (AvgIpc) is 2.87. The monoisotopic (exact) mass is 301 g/mol. The van der Waals surface area contributed by atoms with Crippen molar-refractivity contribution in [1.82, 2.24) is 5.32 Å². The fourth-order valence-electron chi connectivity index (χ4n) is 1.73. The summed E-state index contributed by atoms with van der Waals surface area (Å²) in [5.74, 6) is 0.903. The van der Waals surface area contributed by atoms with Crippen molar-refractivity contribution in [3.63, 3.8) is 0 Å². The number of aliphatic hydroxyl groups is 1. The van der Waals surface area contributed by atoms with Gasteiger partial charge in [-0.2, -0.15) is 0 Å². The molecule has 5 heteroatoms. The van der Waals surface area contributed by atoms with Crippen LogP contribution in [-0.2, 0) is 4.79 Å². The molecule has 2 unspecified atom stereocenters. The molecule has 1 aromatic rings. The minimum Gasteiger partial charge on any atom is -0.396 e. The fraction of sp³-hybridized carbons (Fsp3) is 0.643. The lowest BCUT2D eigenvalue weighted by molar-refractivity contribution is -0.119. The second-order valence-corrected chi connectivity index (χ2v) is 7.34. The van der Waals surface area contributed by atoms with Crippen molar-refractivity contribution in [3.8, 4) is 0 Å². The smallest absolute Gasteiger partial charge is 0.230 e. The van der Waals surface area contributed by atoms with Crippen LogP contribution in [0.2, 0.25) is 0 Å². The molecule has 0 spiro atoms. The number of aliphatic hydroxyl groups excluding tert-OH is 1. The zero-order valence-corrected chi connectivity index (χ0v) is 13.4. The molecule has 0 saturated carbocycles. The number of hydrogen-bond acceptors (Lipinski definition) is 4. The molecule has 0 bridgehead atoms. The molecule has 0 saturated heterocycles. The van der Waals surface area contributed by atoms with Gasteiger partial charge < -0.3 is 10.4 Å². The summed E-state index contributed by atoms with van der Waals surface area (Å²) in [5, 5.41) is 14.3. The predicted octanol–water partition coefficient (Wildman–Crippen LogP) is 3.07. The van der Waals surface area contributed by atoms with Crippen LogP contribution >= 0.6 is 23.1 Å². The van der Waals surface area contributed by atoms with Gasteiger partial charge in [0, 0.05) is 16.7 Å². The first kappa shape index (κ1) is 16.5. The van der Waals surface area contributed by atoms with E-state index in [2.05, 4.69) is 25.2 Å². The molecule has 1 heterocycles. The van der Waals surface area contributed by atoms with Crippen LogP contribution in [0.15, 0.2) is 17.5 Å².